The highest BCUT2D eigenvalue weighted by molar-refractivity contribution is 7.99. The number of nitrogens with zero attached hydrogens (tertiary/aromatic N) is 3. The fraction of sp³-hybridized carbons (Fsp3) is 0.200. The molecular formula is C20H20N4O2S. The summed E-state index contributed by atoms with van der Waals surface area (Å²) in [4.78, 5) is 28.2. The maximum atomic E-state index is 12.4. The van der Waals surface area contributed by atoms with Gasteiger partial charge in [-0.1, -0.05) is 36.9 Å². The smallest absolute Gasteiger partial charge is 0.224 e. The van der Waals surface area contributed by atoms with Crippen LogP contribution in [0.15, 0.2) is 66.1 Å². The van der Waals surface area contributed by atoms with E-state index in [1.807, 2.05) is 37.3 Å². The van der Waals surface area contributed by atoms with Gasteiger partial charge in [-0.3, -0.25) is 9.59 Å². The van der Waals surface area contributed by atoms with Crippen molar-refractivity contribution < 1.29 is 9.59 Å². The first kappa shape index (κ1) is 18.8. The standard InChI is InChI=1S/C20H20N4O2S/c1-2-6-19(26)22-16-11-9-15(10-12-16)18(25)13-27-20-21-14-24(23-20)17-7-4-3-5-8-17/h3-5,7-12,14H,2,6,13H2,1H3,(H,22,26). The van der Waals surface area contributed by atoms with Gasteiger partial charge in [0.1, 0.15) is 6.33 Å². The number of Topliss-reactive ketones (excluding diaryl/α,β-unsaturated/α-hetero) is 1. The summed E-state index contributed by atoms with van der Waals surface area (Å²) in [5, 5.41) is 7.74. The molecular weight excluding hydrogens is 360 g/mol. The first-order valence-corrected chi connectivity index (χ1v) is 9.67. The summed E-state index contributed by atoms with van der Waals surface area (Å²) < 4.78 is 1.68. The van der Waals surface area contributed by atoms with Crippen molar-refractivity contribution in [2.75, 3.05) is 11.1 Å². The lowest BCUT2D eigenvalue weighted by Crippen LogP contribution is -2.10. The number of benzene rings is 2. The summed E-state index contributed by atoms with van der Waals surface area (Å²) in [6.07, 6.45) is 2.92. The number of thioether (sulfide) groups is 1. The molecule has 1 aromatic heterocycles. The molecule has 0 aliphatic heterocycles. The van der Waals surface area contributed by atoms with E-state index in [1.165, 1.54) is 11.8 Å². The largest absolute Gasteiger partial charge is 0.326 e. The second-order valence-corrected chi connectivity index (χ2v) is 6.84. The van der Waals surface area contributed by atoms with Gasteiger partial charge in [0, 0.05) is 17.7 Å². The van der Waals surface area contributed by atoms with Gasteiger partial charge >= 0.3 is 0 Å². The van der Waals surface area contributed by atoms with Gasteiger partial charge in [0.2, 0.25) is 11.1 Å². The van der Waals surface area contributed by atoms with E-state index < -0.39 is 0 Å². The number of hydrogen-bond acceptors (Lipinski definition) is 5. The molecule has 2 aromatic carbocycles. The van der Waals surface area contributed by atoms with Crippen LogP contribution in [-0.2, 0) is 4.79 Å². The first-order valence-electron chi connectivity index (χ1n) is 8.68. The van der Waals surface area contributed by atoms with E-state index in [9.17, 15) is 9.59 Å². The third-order valence-electron chi connectivity index (χ3n) is 3.79. The van der Waals surface area contributed by atoms with Crippen LogP contribution in [0.1, 0.15) is 30.1 Å². The Labute approximate surface area is 162 Å². The first-order chi connectivity index (χ1) is 13.2. The van der Waals surface area contributed by atoms with Gasteiger partial charge in [0.15, 0.2) is 5.78 Å². The summed E-state index contributed by atoms with van der Waals surface area (Å²) >= 11 is 1.30. The number of aromatic nitrogens is 3. The van der Waals surface area contributed by atoms with Crippen LogP contribution in [0, 0.1) is 0 Å². The van der Waals surface area contributed by atoms with Gasteiger partial charge in [0.25, 0.3) is 0 Å². The van der Waals surface area contributed by atoms with E-state index in [2.05, 4.69) is 15.4 Å². The van der Waals surface area contributed by atoms with E-state index in [0.29, 0.717) is 22.8 Å². The Morgan fingerprint density at radius 1 is 1.07 bits per heavy atom. The predicted octanol–water partition coefficient (Wildman–Crippen LogP) is 3.98. The highest BCUT2D eigenvalue weighted by Crippen LogP contribution is 2.17. The van der Waals surface area contributed by atoms with Crippen molar-refractivity contribution in [1.82, 2.24) is 14.8 Å². The average Bonchev–Trinajstić information content (AvgIpc) is 3.17. The van der Waals surface area contributed by atoms with Crippen molar-refractivity contribution in [3.05, 3.63) is 66.5 Å². The molecule has 138 valence electrons. The molecule has 0 saturated heterocycles. The normalized spacial score (nSPS) is 10.6. The van der Waals surface area contributed by atoms with Gasteiger partial charge in [-0.05, 0) is 42.8 Å². The molecule has 1 amide bonds. The number of carbonyl (C=O) groups excluding carboxylic acids is 2. The molecule has 0 fully saturated rings. The van der Waals surface area contributed by atoms with Crippen LogP contribution >= 0.6 is 11.8 Å². The summed E-state index contributed by atoms with van der Waals surface area (Å²) in [6, 6.07) is 16.6. The van der Waals surface area contributed by atoms with Crippen molar-refractivity contribution in [3.63, 3.8) is 0 Å². The molecule has 27 heavy (non-hydrogen) atoms. The Bertz CT molecular complexity index is 907. The Hall–Kier alpha value is -2.93. The molecule has 0 unspecified atom stereocenters. The topological polar surface area (TPSA) is 76.9 Å². The van der Waals surface area contributed by atoms with Crippen molar-refractivity contribution in [2.24, 2.45) is 0 Å². The van der Waals surface area contributed by atoms with E-state index in [4.69, 9.17) is 0 Å². The zero-order valence-corrected chi connectivity index (χ0v) is 15.8. The van der Waals surface area contributed by atoms with Crippen LogP contribution in [0.2, 0.25) is 0 Å². The van der Waals surface area contributed by atoms with Gasteiger partial charge in [0.05, 0.1) is 11.4 Å². The highest BCUT2D eigenvalue weighted by atomic mass is 32.2. The third kappa shape index (κ3) is 5.27. The van der Waals surface area contributed by atoms with Gasteiger partial charge in [-0.25, -0.2) is 9.67 Å². The number of hydrogen-bond donors (Lipinski definition) is 1. The maximum Gasteiger partial charge on any atom is 0.224 e. The number of carbonyl (C=O) groups is 2. The minimum absolute atomic E-state index is 0.0116. The molecule has 0 atom stereocenters. The van der Waals surface area contributed by atoms with Crippen molar-refractivity contribution in [3.8, 4) is 5.69 Å². The molecule has 0 radical (unpaired) electrons. The van der Waals surface area contributed by atoms with Crippen LogP contribution in [0.3, 0.4) is 0 Å². The lowest BCUT2D eigenvalue weighted by atomic mass is 10.1. The van der Waals surface area contributed by atoms with E-state index >= 15 is 0 Å². The second-order valence-electron chi connectivity index (χ2n) is 5.89. The minimum atomic E-state index is -0.0211. The number of anilines is 1. The summed E-state index contributed by atoms with van der Waals surface area (Å²) in [5.41, 5.74) is 2.21. The van der Waals surface area contributed by atoms with Crippen LogP contribution in [0.5, 0.6) is 0 Å². The summed E-state index contributed by atoms with van der Waals surface area (Å²) in [7, 11) is 0. The zero-order chi connectivity index (χ0) is 19.1. The summed E-state index contributed by atoms with van der Waals surface area (Å²) in [5.74, 6) is 0.218. The minimum Gasteiger partial charge on any atom is -0.326 e. The number of ketones is 1. The number of amides is 1. The fourth-order valence-electron chi connectivity index (χ4n) is 2.42. The molecule has 0 aliphatic carbocycles. The summed E-state index contributed by atoms with van der Waals surface area (Å²) in [6.45, 7) is 1.96. The predicted molar refractivity (Wildman–Crippen MR) is 106 cm³/mol. The molecule has 1 N–H and O–H groups in total. The quantitative estimate of drug-likeness (QED) is 0.472. The molecule has 3 aromatic rings. The number of para-hydroxylation sites is 1. The van der Waals surface area contributed by atoms with E-state index in [1.54, 1.807) is 35.3 Å². The molecule has 3 rings (SSSR count). The van der Waals surface area contributed by atoms with Gasteiger partial charge < -0.3 is 5.32 Å². The van der Waals surface area contributed by atoms with E-state index in [-0.39, 0.29) is 17.4 Å². The Morgan fingerprint density at radius 2 is 1.81 bits per heavy atom. The van der Waals surface area contributed by atoms with Gasteiger partial charge in [-0.15, -0.1) is 5.10 Å². The van der Waals surface area contributed by atoms with Crippen molar-refractivity contribution >= 4 is 29.1 Å². The molecule has 0 aliphatic rings. The molecule has 0 bridgehead atoms. The van der Waals surface area contributed by atoms with Crippen molar-refractivity contribution in [1.29, 1.82) is 0 Å². The van der Waals surface area contributed by atoms with Crippen LogP contribution in [-0.4, -0.2) is 32.2 Å². The van der Waals surface area contributed by atoms with Gasteiger partial charge in [-0.2, -0.15) is 0 Å². The second kappa shape index (κ2) is 9.14. The Kier molecular flexibility index (Phi) is 6.38. The zero-order valence-electron chi connectivity index (χ0n) is 15.0. The van der Waals surface area contributed by atoms with Crippen LogP contribution in [0.25, 0.3) is 5.69 Å². The maximum absolute atomic E-state index is 12.4. The highest BCUT2D eigenvalue weighted by Gasteiger charge is 2.10. The SMILES string of the molecule is CCCC(=O)Nc1ccc(C(=O)CSc2ncn(-c3ccccc3)n2)cc1. The monoisotopic (exact) mass is 380 g/mol. The molecule has 6 nitrogen and oxygen atoms in total. The fourth-order valence-corrected chi connectivity index (χ4v) is 3.12. The van der Waals surface area contributed by atoms with Crippen molar-refractivity contribution in [2.45, 2.75) is 24.9 Å². The van der Waals surface area contributed by atoms with E-state index in [0.717, 1.165) is 12.1 Å². The lowest BCUT2D eigenvalue weighted by Gasteiger charge is -2.05. The molecule has 0 saturated carbocycles. The third-order valence-corrected chi connectivity index (χ3v) is 4.64. The Morgan fingerprint density at radius 3 is 2.52 bits per heavy atom. The Balaban J connectivity index is 1.55. The van der Waals surface area contributed by atoms with Crippen LogP contribution in [0.4, 0.5) is 5.69 Å². The number of nitrogens with one attached hydrogen (secondary N) is 1. The average molecular weight is 380 g/mol. The molecule has 7 heteroatoms. The lowest BCUT2D eigenvalue weighted by molar-refractivity contribution is -0.116. The molecule has 1 heterocycles. The number of rotatable bonds is 8. The van der Waals surface area contributed by atoms with Crippen LogP contribution < -0.4 is 5.32 Å². The molecule has 0 spiro atoms.